The number of nitrogens with zero attached hydrogens (tertiary/aromatic N) is 1. The van der Waals surface area contributed by atoms with Gasteiger partial charge in [0.25, 0.3) is 0 Å². The van der Waals surface area contributed by atoms with Crippen LogP contribution < -0.4 is 0 Å². The number of benzene rings is 3. The fraction of sp³-hybridized carbons (Fsp3) is 0.240. The Bertz CT molecular complexity index is 935. The van der Waals surface area contributed by atoms with E-state index in [0.29, 0.717) is 36.2 Å². The standard InChI is InChI=1S/C25H23Cl2NO2/c26-21-13-20(14-22(27)15-21)24-17-28(11-12-30-24)25(29)16-23(18-7-3-1-4-8-18)19-9-5-2-6-10-19/h1-10,13-15,23-24H,11-12,16-17H2. The van der Waals surface area contributed by atoms with Crippen LogP contribution >= 0.6 is 23.2 Å². The lowest BCUT2D eigenvalue weighted by molar-refractivity contribution is -0.139. The highest BCUT2D eigenvalue weighted by atomic mass is 35.5. The van der Waals surface area contributed by atoms with Gasteiger partial charge in [-0.2, -0.15) is 0 Å². The summed E-state index contributed by atoms with van der Waals surface area (Å²) in [4.78, 5) is 15.2. The number of hydrogen-bond donors (Lipinski definition) is 0. The second-order valence-corrected chi connectivity index (χ2v) is 8.35. The molecule has 0 radical (unpaired) electrons. The summed E-state index contributed by atoms with van der Waals surface area (Å²) >= 11 is 12.3. The quantitative estimate of drug-likeness (QED) is 0.479. The maximum atomic E-state index is 13.3. The third-order valence-corrected chi connectivity index (χ3v) is 5.89. The zero-order valence-electron chi connectivity index (χ0n) is 16.5. The Morgan fingerprint density at radius 2 is 1.50 bits per heavy atom. The van der Waals surface area contributed by atoms with Gasteiger partial charge in [-0.15, -0.1) is 0 Å². The number of halogens is 2. The van der Waals surface area contributed by atoms with E-state index in [2.05, 4.69) is 24.3 Å². The lowest BCUT2D eigenvalue weighted by Gasteiger charge is -2.34. The monoisotopic (exact) mass is 439 g/mol. The van der Waals surface area contributed by atoms with Crippen LogP contribution in [0.1, 0.15) is 35.1 Å². The van der Waals surface area contributed by atoms with E-state index >= 15 is 0 Å². The van der Waals surface area contributed by atoms with Gasteiger partial charge in [0.15, 0.2) is 0 Å². The third-order valence-electron chi connectivity index (χ3n) is 5.46. The highest BCUT2D eigenvalue weighted by Gasteiger charge is 2.28. The summed E-state index contributed by atoms with van der Waals surface area (Å²) in [6, 6.07) is 25.8. The highest BCUT2D eigenvalue weighted by Crippen LogP contribution is 2.31. The van der Waals surface area contributed by atoms with Crippen LogP contribution in [0.15, 0.2) is 78.9 Å². The molecule has 3 aromatic carbocycles. The summed E-state index contributed by atoms with van der Waals surface area (Å²) in [6.45, 7) is 1.56. The first-order chi connectivity index (χ1) is 14.6. The molecule has 30 heavy (non-hydrogen) atoms. The Labute approximate surface area is 187 Å². The second-order valence-electron chi connectivity index (χ2n) is 7.48. The van der Waals surface area contributed by atoms with E-state index in [9.17, 15) is 4.79 Å². The second kappa shape index (κ2) is 9.65. The predicted octanol–water partition coefficient (Wildman–Crippen LogP) is 6.12. The largest absolute Gasteiger partial charge is 0.370 e. The molecule has 0 bridgehead atoms. The molecule has 0 aliphatic carbocycles. The van der Waals surface area contributed by atoms with Crippen LogP contribution in [0.5, 0.6) is 0 Å². The minimum Gasteiger partial charge on any atom is -0.370 e. The molecule has 0 saturated carbocycles. The molecule has 5 heteroatoms. The summed E-state index contributed by atoms with van der Waals surface area (Å²) < 4.78 is 5.92. The van der Waals surface area contributed by atoms with Crippen molar-refractivity contribution in [1.82, 2.24) is 4.90 Å². The van der Waals surface area contributed by atoms with E-state index in [1.165, 1.54) is 0 Å². The number of carbonyl (C=O) groups is 1. The Balaban J connectivity index is 1.52. The number of ether oxygens (including phenoxy) is 1. The molecule has 0 spiro atoms. The fourth-order valence-electron chi connectivity index (χ4n) is 3.94. The van der Waals surface area contributed by atoms with Crippen LogP contribution in [0.4, 0.5) is 0 Å². The molecule has 1 aliphatic rings. The van der Waals surface area contributed by atoms with Crippen LogP contribution in [0.2, 0.25) is 10.0 Å². The van der Waals surface area contributed by atoms with E-state index in [1.807, 2.05) is 53.4 Å². The summed E-state index contributed by atoms with van der Waals surface area (Å²) in [5.41, 5.74) is 3.18. The third kappa shape index (κ3) is 5.04. The number of hydrogen-bond acceptors (Lipinski definition) is 2. The van der Waals surface area contributed by atoms with Crippen LogP contribution in [0.25, 0.3) is 0 Å². The van der Waals surface area contributed by atoms with Crippen LogP contribution in [-0.4, -0.2) is 30.5 Å². The molecule has 1 atom stereocenters. The zero-order chi connectivity index (χ0) is 20.9. The normalized spacial score (nSPS) is 16.6. The lowest BCUT2D eigenvalue weighted by Crippen LogP contribution is -2.42. The molecule has 0 aromatic heterocycles. The van der Waals surface area contributed by atoms with Crippen molar-refractivity contribution in [3.8, 4) is 0 Å². The van der Waals surface area contributed by atoms with Gasteiger partial charge < -0.3 is 9.64 Å². The van der Waals surface area contributed by atoms with E-state index in [-0.39, 0.29) is 17.9 Å². The van der Waals surface area contributed by atoms with Crippen molar-refractivity contribution in [2.24, 2.45) is 0 Å². The van der Waals surface area contributed by atoms with E-state index < -0.39 is 0 Å². The van der Waals surface area contributed by atoms with Gasteiger partial charge in [0.2, 0.25) is 5.91 Å². The van der Waals surface area contributed by atoms with Gasteiger partial charge in [-0.05, 0) is 34.9 Å². The van der Waals surface area contributed by atoms with E-state index in [1.54, 1.807) is 6.07 Å². The SMILES string of the molecule is O=C(CC(c1ccccc1)c1ccccc1)N1CCOC(c2cc(Cl)cc(Cl)c2)C1. The van der Waals surface area contributed by atoms with Crippen molar-refractivity contribution in [1.29, 1.82) is 0 Å². The minimum atomic E-state index is -0.231. The van der Waals surface area contributed by atoms with Gasteiger partial charge >= 0.3 is 0 Å². The summed E-state index contributed by atoms with van der Waals surface area (Å²) in [7, 11) is 0. The molecule has 1 fully saturated rings. The molecule has 1 amide bonds. The highest BCUT2D eigenvalue weighted by molar-refractivity contribution is 6.34. The molecule has 3 aromatic rings. The molecule has 1 saturated heterocycles. The molecule has 1 unspecified atom stereocenters. The number of carbonyl (C=O) groups excluding carboxylic acids is 1. The van der Waals surface area contributed by atoms with E-state index in [0.717, 1.165) is 16.7 Å². The van der Waals surface area contributed by atoms with Gasteiger partial charge in [0.1, 0.15) is 6.10 Å². The topological polar surface area (TPSA) is 29.5 Å². The zero-order valence-corrected chi connectivity index (χ0v) is 18.0. The molecular formula is C25H23Cl2NO2. The Morgan fingerprint density at radius 1 is 0.933 bits per heavy atom. The van der Waals surface area contributed by atoms with Crippen molar-refractivity contribution >= 4 is 29.1 Å². The minimum absolute atomic E-state index is 0.0156. The van der Waals surface area contributed by atoms with Gasteiger partial charge in [-0.1, -0.05) is 83.9 Å². The van der Waals surface area contributed by atoms with E-state index in [4.69, 9.17) is 27.9 Å². The van der Waals surface area contributed by atoms with Gasteiger partial charge in [-0.3, -0.25) is 4.79 Å². The van der Waals surface area contributed by atoms with Crippen molar-refractivity contribution in [3.05, 3.63) is 106 Å². The smallest absolute Gasteiger partial charge is 0.223 e. The molecule has 1 aliphatic heterocycles. The maximum absolute atomic E-state index is 13.3. The maximum Gasteiger partial charge on any atom is 0.223 e. The Morgan fingerprint density at radius 3 is 2.07 bits per heavy atom. The molecule has 0 N–H and O–H groups in total. The summed E-state index contributed by atoms with van der Waals surface area (Å²) in [5, 5.41) is 1.13. The van der Waals surface area contributed by atoms with Crippen molar-refractivity contribution < 1.29 is 9.53 Å². The van der Waals surface area contributed by atoms with Crippen LogP contribution in [0.3, 0.4) is 0 Å². The van der Waals surface area contributed by atoms with Gasteiger partial charge in [0.05, 0.1) is 13.2 Å². The fourth-order valence-corrected chi connectivity index (χ4v) is 4.48. The van der Waals surface area contributed by atoms with Crippen molar-refractivity contribution in [3.63, 3.8) is 0 Å². The molecule has 4 rings (SSSR count). The van der Waals surface area contributed by atoms with Crippen molar-refractivity contribution in [2.45, 2.75) is 18.4 Å². The predicted molar refractivity (Wildman–Crippen MR) is 121 cm³/mol. The average Bonchev–Trinajstić information content (AvgIpc) is 2.78. The molecule has 154 valence electrons. The van der Waals surface area contributed by atoms with Gasteiger partial charge in [-0.25, -0.2) is 0 Å². The number of rotatable bonds is 5. The number of morpholine rings is 1. The molecule has 1 heterocycles. The average molecular weight is 440 g/mol. The number of amides is 1. The summed E-state index contributed by atoms with van der Waals surface area (Å²) in [6.07, 6.45) is 0.183. The molecule has 3 nitrogen and oxygen atoms in total. The first-order valence-electron chi connectivity index (χ1n) is 10.1. The van der Waals surface area contributed by atoms with Gasteiger partial charge in [0, 0.05) is 28.9 Å². The molecular weight excluding hydrogens is 417 g/mol. The van der Waals surface area contributed by atoms with Crippen molar-refractivity contribution in [2.75, 3.05) is 19.7 Å². The first-order valence-corrected chi connectivity index (χ1v) is 10.8. The lowest BCUT2D eigenvalue weighted by atomic mass is 9.88. The van der Waals surface area contributed by atoms with Crippen LogP contribution in [-0.2, 0) is 9.53 Å². The Hall–Kier alpha value is -2.33. The first kappa shape index (κ1) is 20.9. The Kier molecular flexibility index (Phi) is 6.73. The summed E-state index contributed by atoms with van der Waals surface area (Å²) in [5.74, 6) is 0.135. The van der Waals surface area contributed by atoms with Crippen LogP contribution in [0, 0.1) is 0 Å².